The zero-order valence-corrected chi connectivity index (χ0v) is 9.96. The van der Waals surface area contributed by atoms with Crippen LogP contribution in [0.5, 0.6) is 11.5 Å². The zero-order chi connectivity index (χ0) is 13.1. The highest BCUT2D eigenvalue weighted by atomic mass is 16.6. The van der Waals surface area contributed by atoms with Crippen molar-refractivity contribution in [1.29, 1.82) is 5.26 Å². The van der Waals surface area contributed by atoms with Crippen LogP contribution in [0.3, 0.4) is 0 Å². The number of rotatable bonds is 2. The van der Waals surface area contributed by atoms with Crippen LogP contribution in [0.2, 0.25) is 0 Å². The fraction of sp³-hybridized carbons (Fsp3) is 0.154. The van der Waals surface area contributed by atoms with Crippen molar-refractivity contribution >= 4 is 11.5 Å². The van der Waals surface area contributed by atoms with E-state index in [4.69, 9.17) is 14.7 Å². The summed E-state index contributed by atoms with van der Waals surface area (Å²) in [5, 5.41) is 11.8. The van der Waals surface area contributed by atoms with Gasteiger partial charge in [-0.2, -0.15) is 5.26 Å². The van der Waals surface area contributed by atoms with E-state index in [1.807, 2.05) is 24.3 Å². The molecule has 1 N–H and O–H groups in total. The molecule has 1 aliphatic rings. The maximum atomic E-state index is 8.75. The van der Waals surface area contributed by atoms with Crippen LogP contribution in [0.4, 0.5) is 11.5 Å². The SMILES string of the molecule is N#Cc1nccc(Nc2ccc3c(c2)OCCO3)n1. The lowest BCUT2D eigenvalue weighted by Crippen LogP contribution is -2.15. The zero-order valence-electron chi connectivity index (χ0n) is 9.96. The largest absolute Gasteiger partial charge is 0.486 e. The molecule has 0 saturated heterocycles. The molecule has 0 aliphatic carbocycles. The van der Waals surface area contributed by atoms with Crippen molar-refractivity contribution in [3.63, 3.8) is 0 Å². The Labute approximate surface area is 109 Å². The van der Waals surface area contributed by atoms with Gasteiger partial charge in [-0.25, -0.2) is 9.97 Å². The molecular formula is C13H10N4O2. The smallest absolute Gasteiger partial charge is 0.234 e. The van der Waals surface area contributed by atoms with Gasteiger partial charge in [0.25, 0.3) is 0 Å². The van der Waals surface area contributed by atoms with Crippen LogP contribution in [0, 0.1) is 11.3 Å². The van der Waals surface area contributed by atoms with E-state index >= 15 is 0 Å². The number of nitriles is 1. The molecule has 0 spiro atoms. The Morgan fingerprint density at radius 3 is 2.84 bits per heavy atom. The van der Waals surface area contributed by atoms with Gasteiger partial charge in [0, 0.05) is 18.0 Å². The fourth-order valence-electron chi connectivity index (χ4n) is 1.75. The Morgan fingerprint density at radius 2 is 2.00 bits per heavy atom. The maximum Gasteiger partial charge on any atom is 0.234 e. The van der Waals surface area contributed by atoms with Crippen LogP contribution in [0.15, 0.2) is 30.5 Å². The van der Waals surface area contributed by atoms with E-state index in [9.17, 15) is 0 Å². The van der Waals surface area contributed by atoms with Crippen LogP contribution in [-0.2, 0) is 0 Å². The molecule has 6 nitrogen and oxygen atoms in total. The van der Waals surface area contributed by atoms with Crippen molar-refractivity contribution in [3.05, 3.63) is 36.3 Å². The van der Waals surface area contributed by atoms with E-state index in [0.717, 1.165) is 11.4 Å². The number of nitrogens with one attached hydrogen (secondary N) is 1. The van der Waals surface area contributed by atoms with Crippen molar-refractivity contribution in [1.82, 2.24) is 9.97 Å². The molecule has 0 fully saturated rings. The Balaban J connectivity index is 1.85. The first-order valence-corrected chi connectivity index (χ1v) is 5.75. The molecule has 1 aliphatic heterocycles. The molecule has 94 valence electrons. The summed E-state index contributed by atoms with van der Waals surface area (Å²) < 4.78 is 10.9. The van der Waals surface area contributed by atoms with Crippen molar-refractivity contribution in [2.75, 3.05) is 18.5 Å². The molecular weight excluding hydrogens is 244 g/mol. The maximum absolute atomic E-state index is 8.75. The summed E-state index contributed by atoms with van der Waals surface area (Å²) in [6.07, 6.45) is 1.53. The highest BCUT2D eigenvalue weighted by Gasteiger charge is 2.11. The van der Waals surface area contributed by atoms with Crippen LogP contribution >= 0.6 is 0 Å². The van der Waals surface area contributed by atoms with E-state index in [1.165, 1.54) is 6.20 Å². The van der Waals surface area contributed by atoms with Crippen molar-refractivity contribution in [3.8, 4) is 17.6 Å². The van der Waals surface area contributed by atoms with Gasteiger partial charge in [-0.1, -0.05) is 0 Å². The van der Waals surface area contributed by atoms with E-state index in [1.54, 1.807) is 6.07 Å². The highest BCUT2D eigenvalue weighted by molar-refractivity contribution is 5.61. The van der Waals surface area contributed by atoms with Gasteiger partial charge in [0.2, 0.25) is 5.82 Å². The second kappa shape index (κ2) is 4.82. The van der Waals surface area contributed by atoms with Gasteiger partial charge < -0.3 is 14.8 Å². The molecule has 0 unspecified atom stereocenters. The minimum atomic E-state index is 0.127. The molecule has 0 atom stereocenters. The number of fused-ring (bicyclic) bond motifs is 1. The van der Waals surface area contributed by atoms with Gasteiger partial charge in [0.1, 0.15) is 25.1 Å². The van der Waals surface area contributed by atoms with Gasteiger partial charge in [0.05, 0.1) is 0 Å². The Bertz CT molecular complexity index is 651. The number of nitrogens with zero attached hydrogens (tertiary/aromatic N) is 3. The average molecular weight is 254 g/mol. The lowest BCUT2D eigenvalue weighted by Gasteiger charge is -2.19. The number of aromatic nitrogens is 2. The summed E-state index contributed by atoms with van der Waals surface area (Å²) in [5.41, 5.74) is 0.812. The molecule has 0 radical (unpaired) electrons. The number of hydrogen-bond acceptors (Lipinski definition) is 6. The molecule has 19 heavy (non-hydrogen) atoms. The van der Waals surface area contributed by atoms with Crippen LogP contribution in [0.25, 0.3) is 0 Å². The summed E-state index contributed by atoms with van der Waals surface area (Å²) in [6, 6.07) is 9.12. The van der Waals surface area contributed by atoms with E-state index in [2.05, 4.69) is 15.3 Å². The standard InChI is InChI=1S/C13H10N4O2/c14-8-13-15-4-3-12(17-13)16-9-1-2-10-11(7-9)19-6-5-18-10/h1-4,7H,5-6H2,(H,15,16,17). The van der Waals surface area contributed by atoms with E-state index < -0.39 is 0 Å². The van der Waals surface area contributed by atoms with Crippen molar-refractivity contribution in [2.24, 2.45) is 0 Å². The summed E-state index contributed by atoms with van der Waals surface area (Å²) in [4.78, 5) is 7.86. The van der Waals surface area contributed by atoms with Crippen molar-refractivity contribution < 1.29 is 9.47 Å². The number of benzene rings is 1. The van der Waals surface area contributed by atoms with Crippen molar-refractivity contribution in [2.45, 2.75) is 0 Å². The Morgan fingerprint density at radius 1 is 1.16 bits per heavy atom. The molecule has 0 bridgehead atoms. The van der Waals surface area contributed by atoms with Crippen LogP contribution in [-0.4, -0.2) is 23.2 Å². The lowest BCUT2D eigenvalue weighted by atomic mass is 10.2. The number of ether oxygens (including phenoxy) is 2. The van der Waals surface area contributed by atoms with Gasteiger partial charge in [-0.15, -0.1) is 0 Å². The highest BCUT2D eigenvalue weighted by Crippen LogP contribution is 2.33. The third-order valence-corrected chi connectivity index (χ3v) is 2.57. The topological polar surface area (TPSA) is 80.1 Å². The Kier molecular flexibility index (Phi) is 2.86. The van der Waals surface area contributed by atoms with Gasteiger partial charge in [0.15, 0.2) is 11.5 Å². The number of anilines is 2. The molecule has 1 aromatic carbocycles. The van der Waals surface area contributed by atoms with Gasteiger partial charge >= 0.3 is 0 Å². The summed E-state index contributed by atoms with van der Waals surface area (Å²) in [6.45, 7) is 1.11. The predicted octanol–water partition coefficient (Wildman–Crippen LogP) is 1.86. The van der Waals surface area contributed by atoms with Crippen LogP contribution < -0.4 is 14.8 Å². The molecule has 2 aromatic rings. The van der Waals surface area contributed by atoms with Gasteiger partial charge in [-0.05, 0) is 18.2 Å². The summed E-state index contributed by atoms with van der Waals surface area (Å²) >= 11 is 0. The quantitative estimate of drug-likeness (QED) is 0.881. The van der Waals surface area contributed by atoms with Crippen LogP contribution in [0.1, 0.15) is 5.82 Å². The number of hydrogen-bond donors (Lipinski definition) is 1. The Hall–Kier alpha value is -2.81. The molecule has 1 aromatic heterocycles. The normalized spacial score (nSPS) is 12.6. The minimum absolute atomic E-state index is 0.127. The summed E-state index contributed by atoms with van der Waals surface area (Å²) in [7, 11) is 0. The molecule has 3 rings (SSSR count). The first kappa shape index (κ1) is 11.3. The third-order valence-electron chi connectivity index (χ3n) is 2.57. The van der Waals surface area contributed by atoms with E-state index in [0.29, 0.717) is 24.8 Å². The molecule has 2 heterocycles. The second-order valence-corrected chi connectivity index (χ2v) is 3.86. The minimum Gasteiger partial charge on any atom is -0.486 e. The first-order valence-electron chi connectivity index (χ1n) is 5.75. The second-order valence-electron chi connectivity index (χ2n) is 3.86. The lowest BCUT2D eigenvalue weighted by molar-refractivity contribution is 0.171. The summed E-state index contributed by atoms with van der Waals surface area (Å²) in [5.74, 6) is 2.12. The van der Waals surface area contributed by atoms with E-state index in [-0.39, 0.29) is 5.82 Å². The van der Waals surface area contributed by atoms with Gasteiger partial charge in [-0.3, -0.25) is 0 Å². The molecule has 6 heteroatoms. The first-order chi connectivity index (χ1) is 9.35. The molecule has 0 amide bonds. The predicted molar refractivity (Wildman–Crippen MR) is 67.5 cm³/mol. The monoisotopic (exact) mass is 254 g/mol. The fourth-order valence-corrected chi connectivity index (χ4v) is 1.75. The third kappa shape index (κ3) is 2.40. The molecule has 0 saturated carbocycles. The average Bonchev–Trinajstić information content (AvgIpc) is 2.47.